The van der Waals surface area contributed by atoms with E-state index >= 15 is 0 Å². The molecular weight excluding hydrogens is 310 g/mol. The number of fused-ring (bicyclic) bond motifs is 1. The van der Waals surface area contributed by atoms with Crippen molar-refractivity contribution in [1.29, 1.82) is 0 Å². The van der Waals surface area contributed by atoms with Gasteiger partial charge in [0.15, 0.2) is 0 Å². The predicted octanol–water partition coefficient (Wildman–Crippen LogP) is 0.890. The predicted molar refractivity (Wildman–Crippen MR) is 71.2 cm³/mol. The highest BCUT2D eigenvalue weighted by molar-refractivity contribution is 7.86. The zero-order valence-electron chi connectivity index (χ0n) is 9.68. The van der Waals surface area contributed by atoms with Crippen molar-refractivity contribution in [2.45, 2.75) is 4.90 Å². The van der Waals surface area contributed by atoms with Crippen molar-refractivity contribution in [2.24, 2.45) is 0 Å². The fraction of sp³-hybridized carbons (Fsp3) is 0. The number of rotatable bonds is 3. The van der Waals surface area contributed by atoms with Crippen LogP contribution in [0.15, 0.2) is 29.2 Å². The molecule has 2 aromatic carbocycles. The average molecular weight is 319 g/mol. The highest BCUT2D eigenvalue weighted by atomic mass is 32.2. The largest absolute Gasteiger partial charge is 0.507 e. The van der Waals surface area contributed by atoms with Crippen molar-refractivity contribution in [3.8, 4) is 11.5 Å². The van der Waals surface area contributed by atoms with Crippen LogP contribution < -0.4 is 9.92 Å². The van der Waals surface area contributed by atoms with Crippen LogP contribution in [0, 0.1) is 0 Å². The first kappa shape index (κ1) is 14.5. The Morgan fingerprint density at radius 1 is 1.20 bits per heavy atom. The summed E-state index contributed by atoms with van der Waals surface area (Å²) in [5.74, 6) is -0.654. The van der Waals surface area contributed by atoms with Crippen LogP contribution >= 0.6 is 0 Å². The van der Waals surface area contributed by atoms with Crippen molar-refractivity contribution < 1.29 is 31.0 Å². The van der Waals surface area contributed by atoms with E-state index in [1.165, 1.54) is 12.1 Å². The number of nitrogens with two attached hydrogens (primary N) is 1. The van der Waals surface area contributed by atoms with E-state index in [0.717, 1.165) is 12.1 Å². The SMILES string of the molecule is Nc1ccc2c(O)cc(OS(=O)O)cc2c1S(=O)(=O)O. The topological polar surface area (TPSA) is 147 Å². The van der Waals surface area contributed by atoms with Crippen molar-refractivity contribution in [3.63, 3.8) is 0 Å². The van der Waals surface area contributed by atoms with Gasteiger partial charge < -0.3 is 15.0 Å². The third-order valence-corrected chi connectivity index (χ3v) is 3.80. The van der Waals surface area contributed by atoms with Crippen LogP contribution in [0.2, 0.25) is 0 Å². The summed E-state index contributed by atoms with van der Waals surface area (Å²) in [6.07, 6.45) is 0. The summed E-state index contributed by atoms with van der Waals surface area (Å²) in [5, 5.41) is 9.72. The molecule has 0 aliphatic rings. The zero-order valence-corrected chi connectivity index (χ0v) is 11.3. The van der Waals surface area contributed by atoms with E-state index in [9.17, 15) is 22.3 Å². The second-order valence-corrected chi connectivity index (χ2v) is 5.76. The van der Waals surface area contributed by atoms with Crippen molar-refractivity contribution in [2.75, 3.05) is 5.73 Å². The molecule has 2 rings (SSSR count). The molecule has 0 aliphatic heterocycles. The summed E-state index contributed by atoms with van der Waals surface area (Å²) in [6, 6.07) is 4.65. The fourth-order valence-electron chi connectivity index (χ4n) is 1.80. The van der Waals surface area contributed by atoms with Gasteiger partial charge in [-0.15, -0.1) is 0 Å². The van der Waals surface area contributed by atoms with E-state index in [1.54, 1.807) is 0 Å². The summed E-state index contributed by atoms with van der Waals surface area (Å²) in [6.45, 7) is 0. The molecule has 2 aromatic rings. The highest BCUT2D eigenvalue weighted by Crippen LogP contribution is 2.36. The number of phenols is 1. The van der Waals surface area contributed by atoms with Gasteiger partial charge in [0.2, 0.25) is 0 Å². The number of phenolic OH excluding ortho intramolecular Hbond substituents is 1. The molecule has 1 atom stereocenters. The Kier molecular flexibility index (Phi) is 3.56. The molecule has 8 nitrogen and oxygen atoms in total. The summed E-state index contributed by atoms with van der Waals surface area (Å²) in [7, 11) is -4.65. The lowest BCUT2D eigenvalue weighted by Gasteiger charge is -2.10. The molecule has 0 saturated heterocycles. The van der Waals surface area contributed by atoms with Crippen LogP contribution in [-0.4, -0.2) is 26.8 Å². The molecule has 0 amide bonds. The first-order chi connectivity index (χ1) is 9.20. The van der Waals surface area contributed by atoms with E-state index in [-0.39, 0.29) is 22.2 Å². The summed E-state index contributed by atoms with van der Waals surface area (Å²) < 4.78 is 55.6. The number of anilines is 1. The Balaban J connectivity index is 2.88. The van der Waals surface area contributed by atoms with Crippen molar-refractivity contribution in [3.05, 3.63) is 24.3 Å². The van der Waals surface area contributed by atoms with Crippen LogP contribution in [0.4, 0.5) is 5.69 Å². The molecule has 0 saturated carbocycles. The van der Waals surface area contributed by atoms with Gasteiger partial charge in [0, 0.05) is 16.8 Å². The maximum absolute atomic E-state index is 11.4. The van der Waals surface area contributed by atoms with Gasteiger partial charge in [-0.05, 0) is 18.2 Å². The summed E-state index contributed by atoms with van der Waals surface area (Å²) >= 11 is -2.66. The molecule has 0 fully saturated rings. The Morgan fingerprint density at radius 3 is 2.40 bits per heavy atom. The Hall–Kier alpha value is -1.88. The smallest absolute Gasteiger partial charge is 0.357 e. The third-order valence-electron chi connectivity index (χ3n) is 2.49. The van der Waals surface area contributed by atoms with Gasteiger partial charge in [0.1, 0.15) is 16.4 Å². The number of aromatic hydroxyl groups is 1. The van der Waals surface area contributed by atoms with E-state index < -0.39 is 32.1 Å². The second-order valence-electron chi connectivity index (χ2n) is 3.80. The van der Waals surface area contributed by atoms with Gasteiger partial charge in [-0.1, -0.05) is 0 Å². The molecule has 10 heteroatoms. The number of hydrogen-bond acceptors (Lipinski definition) is 6. The number of nitrogen functional groups attached to an aromatic ring is 1. The lowest BCUT2D eigenvalue weighted by atomic mass is 10.1. The maximum Gasteiger partial charge on any atom is 0.357 e. The molecule has 20 heavy (non-hydrogen) atoms. The summed E-state index contributed by atoms with van der Waals surface area (Å²) in [4.78, 5) is -0.612. The monoisotopic (exact) mass is 319 g/mol. The van der Waals surface area contributed by atoms with Gasteiger partial charge >= 0.3 is 11.4 Å². The first-order valence-corrected chi connectivity index (χ1v) is 7.49. The van der Waals surface area contributed by atoms with Crippen LogP contribution in [0.3, 0.4) is 0 Å². The van der Waals surface area contributed by atoms with Crippen LogP contribution in [0.5, 0.6) is 11.5 Å². The highest BCUT2D eigenvalue weighted by Gasteiger charge is 2.20. The molecule has 0 spiro atoms. The van der Waals surface area contributed by atoms with Crippen LogP contribution in [0.1, 0.15) is 0 Å². The molecule has 0 bridgehead atoms. The lowest BCUT2D eigenvalue weighted by molar-refractivity contribution is 0.451. The molecule has 1 unspecified atom stereocenters. The molecule has 0 heterocycles. The Labute approximate surface area is 116 Å². The van der Waals surface area contributed by atoms with Gasteiger partial charge in [-0.25, -0.2) is 0 Å². The first-order valence-electron chi connectivity index (χ1n) is 5.02. The van der Waals surface area contributed by atoms with Gasteiger partial charge in [-0.2, -0.15) is 12.6 Å². The normalized spacial score (nSPS) is 13.3. The lowest BCUT2D eigenvalue weighted by Crippen LogP contribution is -2.04. The summed E-state index contributed by atoms with van der Waals surface area (Å²) in [5.41, 5.74) is 5.27. The van der Waals surface area contributed by atoms with E-state index in [4.69, 9.17) is 10.3 Å². The van der Waals surface area contributed by atoms with Crippen LogP contribution in [-0.2, 0) is 21.5 Å². The number of hydrogen-bond donors (Lipinski definition) is 4. The molecule has 5 N–H and O–H groups in total. The van der Waals surface area contributed by atoms with Crippen molar-refractivity contribution in [1.82, 2.24) is 0 Å². The molecule has 108 valence electrons. The van der Waals surface area contributed by atoms with Crippen LogP contribution in [0.25, 0.3) is 10.8 Å². The molecule has 0 radical (unpaired) electrons. The molecular formula is C10H9NO7S2. The average Bonchev–Trinajstić information content (AvgIpc) is 2.25. The fourth-order valence-corrected chi connectivity index (χ4v) is 2.87. The Bertz CT molecular complexity index is 816. The zero-order chi connectivity index (χ0) is 15.1. The van der Waals surface area contributed by atoms with E-state index in [0.29, 0.717) is 0 Å². The maximum atomic E-state index is 11.4. The van der Waals surface area contributed by atoms with Crippen molar-refractivity contribution >= 4 is 37.9 Å². The quantitative estimate of drug-likeness (QED) is 0.370. The minimum Gasteiger partial charge on any atom is -0.507 e. The molecule has 0 aromatic heterocycles. The van der Waals surface area contributed by atoms with E-state index in [1.807, 2.05) is 0 Å². The Morgan fingerprint density at radius 2 is 1.85 bits per heavy atom. The van der Waals surface area contributed by atoms with Gasteiger partial charge in [0.05, 0.1) is 5.69 Å². The standard InChI is InChI=1S/C10H9NO7S2/c11-8-2-1-6-7(10(8)20(15,16)17)3-5(4-9(6)12)18-19(13)14/h1-4,12H,11H2,(H,13,14)(H,15,16,17). The van der Waals surface area contributed by atoms with E-state index in [2.05, 4.69) is 4.18 Å². The van der Waals surface area contributed by atoms with Gasteiger partial charge in [0.25, 0.3) is 10.1 Å². The number of benzene rings is 2. The second kappa shape index (κ2) is 4.90. The minimum atomic E-state index is -4.65. The third kappa shape index (κ3) is 2.67. The minimum absolute atomic E-state index is 0.0860. The molecule has 0 aliphatic carbocycles. The van der Waals surface area contributed by atoms with Gasteiger partial charge in [-0.3, -0.25) is 9.11 Å².